The minimum atomic E-state index is -5.29. The summed E-state index contributed by atoms with van der Waals surface area (Å²) in [4.78, 5) is 60.0. The van der Waals surface area contributed by atoms with E-state index in [-0.39, 0.29) is 0 Å². The van der Waals surface area contributed by atoms with Gasteiger partial charge in [0.1, 0.15) is 24.4 Å². The van der Waals surface area contributed by atoms with Crippen molar-refractivity contribution in [3.05, 3.63) is 0 Å². The van der Waals surface area contributed by atoms with Crippen molar-refractivity contribution in [3.8, 4) is 0 Å². The number of phosphoric acid groups is 3. The molecule has 1 aliphatic rings. The van der Waals surface area contributed by atoms with Gasteiger partial charge in [-0.15, -0.1) is 0 Å². The molecule has 0 amide bonds. The highest BCUT2D eigenvalue weighted by Gasteiger charge is 2.52. The van der Waals surface area contributed by atoms with E-state index >= 15 is 0 Å². The van der Waals surface area contributed by atoms with E-state index in [0.29, 0.717) is 0 Å². The molecular weight excluding hydrogens is 675 g/mol. The maximum Gasteiger partial charge on any atom is 0.470 e. The number of phosphoric ester groups is 3. The second kappa shape index (κ2) is 26.9. The van der Waals surface area contributed by atoms with Gasteiger partial charge in [-0.25, -0.2) is 13.7 Å². The number of rotatable bonds is 17. The van der Waals surface area contributed by atoms with Crippen molar-refractivity contribution in [1.29, 1.82) is 0 Å². The molecule has 0 aromatic rings. The lowest BCUT2D eigenvalue weighted by atomic mass is 9.99. The Kier molecular flexibility index (Phi) is 29.5. The third kappa shape index (κ3) is 26.0. The summed E-state index contributed by atoms with van der Waals surface area (Å²) in [6, 6.07) is 0. The van der Waals surface area contributed by atoms with Gasteiger partial charge in [0, 0.05) is 7.11 Å². The van der Waals surface area contributed by atoms with Crippen molar-refractivity contribution >= 4 is 23.5 Å². The van der Waals surface area contributed by atoms with Crippen molar-refractivity contribution in [2.75, 3.05) is 72.6 Å². The van der Waals surface area contributed by atoms with E-state index < -0.39 is 60.8 Å². The third-order valence-electron chi connectivity index (χ3n) is 6.80. The highest BCUT2D eigenvalue weighted by molar-refractivity contribution is 7.46. The van der Waals surface area contributed by atoms with Crippen LogP contribution in [0.15, 0.2) is 0 Å². The van der Waals surface area contributed by atoms with Crippen LogP contribution in [-0.2, 0) is 36.7 Å². The first-order chi connectivity index (χ1) is 21.2. The van der Waals surface area contributed by atoms with E-state index in [0.717, 1.165) is 7.11 Å². The molecule has 1 saturated heterocycles. The zero-order valence-corrected chi connectivity index (χ0v) is 31.7. The van der Waals surface area contributed by atoms with Crippen LogP contribution >= 0.6 is 23.5 Å². The molecule has 0 aliphatic carbocycles. The molecule has 0 radical (unpaired) electrons. The molecule has 1 fully saturated rings. The lowest BCUT2D eigenvalue weighted by molar-refractivity contribution is -0.287. The van der Waals surface area contributed by atoms with Crippen LogP contribution in [0, 0.1) is 0 Å². The molecule has 18 nitrogen and oxygen atoms in total. The van der Waals surface area contributed by atoms with Crippen LogP contribution in [0.1, 0.15) is 62.3 Å². The first-order valence-corrected chi connectivity index (χ1v) is 20.0. The van der Waals surface area contributed by atoms with Gasteiger partial charge >= 0.3 is 23.5 Å². The van der Waals surface area contributed by atoms with Crippen LogP contribution in [-0.4, -0.2) is 152 Å². The van der Waals surface area contributed by atoms with E-state index in [1.54, 1.807) is 0 Å². The average molecular weight is 738 g/mol. The van der Waals surface area contributed by atoms with Crippen LogP contribution in [0.5, 0.6) is 0 Å². The van der Waals surface area contributed by atoms with E-state index in [9.17, 15) is 18.8 Å². The van der Waals surface area contributed by atoms with Crippen LogP contribution in [0.2, 0.25) is 0 Å². The molecule has 46 heavy (non-hydrogen) atoms. The minimum Gasteiger partial charge on any atom is -0.387 e. The molecule has 0 aromatic carbocycles. The standard InChI is InChI=1S/C7H17O15P3.3C6H15N/c1-18-7-6(22-25(15,16)17)5(21-24(12,13)14)4(8)3(20-7)2-19-23(9,10)11;3*1-4-7(5-2)6-3/h3-8H,2H2,1H3,(H2,9,10,11)(H2,12,13,14)(H2,15,16,17);3*4-6H2,1-3H3/t3-,4-,5+,6-,7+;;;/m1.../s1. The number of nitrogens with zero attached hydrogens (tertiary/aromatic N) is 3. The Hall–Kier alpha value is 0.0900. The first-order valence-electron chi connectivity index (χ1n) is 15.4. The molecule has 1 rings (SSSR count). The molecule has 0 spiro atoms. The van der Waals surface area contributed by atoms with Crippen molar-refractivity contribution in [1.82, 2.24) is 14.7 Å². The summed E-state index contributed by atoms with van der Waals surface area (Å²) in [6.07, 6.45) is -9.55. The van der Waals surface area contributed by atoms with E-state index in [4.69, 9.17) is 38.8 Å². The lowest BCUT2D eigenvalue weighted by Gasteiger charge is -2.43. The Morgan fingerprint density at radius 1 is 0.565 bits per heavy atom. The van der Waals surface area contributed by atoms with Crippen LogP contribution in [0.3, 0.4) is 0 Å². The predicted octanol–water partition coefficient (Wildman–Crippen LogP) is 1.83. The van der Waals surface area contributed by atoms with E-state index in [2.05, 4.69) is 90.6 Å². The zero-order valence-electron chi connectivity index (χ0n) is 29.0. The topological polar surface area (TPSA) is 249 Å². The summed E-state index contributed by atoms with van der Waals surface area (Å²) in [6.45, 7) is 29.4. The molecule has 0 aromatic heterocycles. The maximum absolute atomic E-state index is 11.0. The van der Waals surface area contributed by atoms with Crippen molar-refractivity contribution in [2.45, 2.75) is 93.0 Å². The van der Waals surface area contributed by atoms with Gasteiger partial charge in [-0.05, 0) is 58.9 Å². The van der Waals surface area contributed by atoms with Crippen LogP contribution in [0.4, 0.5) is 0 Å². The highest BCUT2D eigenvalue weighted by atomic mass is 31.2. The number of hydrogen-bond acceptors (Lipinski definition) is 12. The fourth-order valence-electron chi connectivity index (χ4n) is 3.95. The second-order valence-corrected chi connectivity index (χ2v) is 13.2. The molecule has 5 atom stereocenters. The van der Waals surface area contributed by atoms with Gasteiger partial charge in [0.25, 0.3) is 0 Å². The molecule has 1 aliphatic heterocycles. The molecule has 1 heterocycles. The summed E-state index contributed by atoms with van der Waals surface area (Å²) in [5.41, 5.74) is 0. The summed E-state index contributed by atoms with van der Waals surface area (Å²) in [5, 5.41) is 10.1. The number of aliphatic hydroxyl groups is 1. The summed E-state index contributed by atoms with van der Waals surface area (Å²) >= 11 is 0. The Labute approximate surface area is 275 Å². The Bertz CT molecular complexity index is 820. The number of ether oxygens (including phenoxy) is 2. The van der Waals surface area contributed by atoms with Gasteiger partial charge in [0.2, 0.25) is 0 Å². The quantitative estimate of drug-likeness (QED) is 0.105. The van der Waals surface area contributed by atoms with Gasteiger partial charge in [-0.1, -0.05) is 62.3 Å². The molecule has 0 saturated carbocycles. The normalized spacial score (nSPS) is 22.0. The SMILES string of the molecule is CCN(CC)CC.CCN(CC)CC.CCN(CC)CC.CO[C@H]1O[C@H](COP(=O)(O)O)[C@@H](O)[C@H](OP(=O)(O)O)[C@H]1OP(=O)(O)O. The van der Waals surface area contributed by atoms with Crippen molar-refractivity contribution in [2.24, 2.45) is 0 Å². The van der Waals surface area contributed by atoms with Gasteiger partial charge in [-0.3, -0.25) is 13.6 Å². The zero-order chi connectivity index (χ0) is 36.7. The molecular formula is C25H62N3O15P3. The van der Waals surface area contributed by atoms with Crippen LogP contribution in [0.25, 0.3) is 0 Å². The highest BCUT2D eigenvalue weighted by Crippen LogP contribution is 2.47. The molecule has 0 bridgehead atoms. The number of aliphatic hydroxyl groups excluding tert-OH is 1. The first kappa shape index (κ1) is 50.5. The van der Waals surface area contributed by atoms with Gasteiger partial charge in [-0.2, -0.15) is 0 Å². The van der Waals surface area contributed by atoms with Crippen molar-refractivity contribution in [3.63, 3.8) is 0 Å². The van der Waals surface area contributed by atoms with Gasteiger partial charge < -0.3 is 58.6 Å². The average Bonchev–Trinajstić information content (AvgIpc) is 2.97. The summed E-state index contributed by atoms with van der Waals surface area (Å²) < 4.78 is 55.2. The van der Waals surface area contributed by atoms with E-state index in [1.165, 1.54) is 58.9 Å². The van der Waals surface area contributed by atoms with Gasteiger partial charge in [0.15, 0.2) is 6.29 Å². The summed E-state index contributed by atoms with van der Waals surface area (Å²) in [5.74, 6) is 0. The summed E-state index contributed by atoms with van der Waals surface area (Å²) in [7, 11) is -14.5. The fourth-order valence-corrected chi connectivity index (χ4v) is 5.39. The molecule has 21 heteroatoms. The monoisotopic (exact) mass is 737 g/mol. The third-order valence-corrected chi connectivity index (χ3v) is 8.32. The number of methoxy groups -OCH3 is 1. The lowest BCUT2D eigenvalue weighted by Crippen LogP contribution is -2.60. The van der Waals surface area contributed by atoms with Crippen molar-refractivity contribution < 1.29 is 71.2 Å². The smallest absolute Gasteiger partial charge is 0.387 e. The second-order valence-electron chi connectivity index (χ2n) is 9.54. The van der Waals surface area contributed by atoms with Gasteiger partial charge in [0.05, 0.1) is 6.61 Å². The van der Waals surface area contributed by atoms with Crippen LogP contribution < -0.4 is 0 Å². The molecule has 282 valence electrons. The Balaban J connectivity index is -0.000000710. The molecule has 7 N–H and O–H groups in total. The largest absolute Gasteiger partial charge is 0.470 e. The Morgan fingerprint density at radius 3 is 1.09 bits per heavy atom. The maximum atomic E-state index is 11.0. The predicted molar refractivity (Wildman–Crippen MR) is 174 cm³/mol. The number of hydrogen-bond donors (Lipinski definition) is 7. The Morgan fingerprint density at radius 2 is 0.870 bits per heavy atom. The van der Waals surface area contributed by atoms with E-state index in [1.807, 2.05) is 0 Å². The molecule has 0 unspecified atom stereocenters. The minimum absolute atomic E-state index is 0.963. The fraction of sp³-hybridized carbons (Fsp3) is 1.00.